The first-order valence-corrected chi connectivity index (χ1v) is 19.5. The smallest absolute Gasteiger partial charge is 0.136 e. The van der Waals surface area contributed by atoms with Gasteiger partial charge in [-0.3, -0.25) is 4.68 Å². The van der Waals surface area contributed by atoms with E-state index < -0.39 is 0 Å². The van der Waals surface area contributed by atoms with Crippen molar-refractivity contribution in [3.8, 4) is 11.1 Å². The van der Waals surface area contributed by atoms with Crippen LogP contribution in [-0.4, -0.2) is 9.24 Å². The summed E-state index contributed by atoms with van der Waals surface area (Å²) in [6.45, 7) is 0. The average Bonchev–Trinajstić information content (AvgIpc) is 4.06. The molecule has 14 aromatic rings. The van der Waals surface area contributed by atoms with Crippen LogP contribution in [0.25, 0.3) is 141 Å². The summed E-state index contributed by atoms with van der Waals surface area (Å²) in [5.41, 5.74) is 11.8. The van der Waals surface area contributed by atoms with Crippen molar-refractivity contribution >= 4 is 141 Å². The van der Waals surface area contributed by atoms with Gasteiger partial charge in [-0.2, -0.15) is 0 Å². The number of nitrogens with two attached hydrogens (primary N) is 1. The van der Waals surface area contributed by atoms with Gasteiger partial charge in [0.25, 0.3) is 0 Å². The summed E-state index contributed by atoms with van der Waals surface area (Å²) in [6.07, 6.45) is 0. The van der Waals surface area contributed by atoms with Crippen molar-refractivity contribution in [2.45, 2.75) is 0 Å². The number of thiophene rings is 1. The number of nitrogen functional groups attached to an aromatic ring is 1. The minimum atomic E-state index is 0.830. The summed E-state index contributed by atoms with van der Waals surface area (Å²) in [4.78, 5) is 0. The molecule has 0 spiro atoms. The van der Waals surface area contributed by atoms with Crippen molar-refractivity contribution < 1.29 is 13.3 Å². The SMILES string of the molecule is Cn1c2cc(-c3ccc4c(c3)oc3cc5c(cc34)oc3cc4c6ccccc6n(N)c4cc35)ccc2c2cc3sc4cc5c(cc4c3cc21)oc1ccccc15. The van der Waals surface area contributed by atoms with Gasteiger partial charge in [0.05, 0.1) is 11.0 Å². The highest BCUT2D eigenvalue weighted by atomic mass is 32.1. The molecular formula is C49H27N3O3S. The zero-order valence-corrected chi connectivity index (χ0v) is 30.6. The molecule has 7 heteroatoms. The van der Waals surface area contributed by atoms with E-state index in [1.807, 2.05) is 41.7 Å². The van der Waals surface area contributed by atoms with E-state index in [9.17, 15) is 0 Å². The number of aryl methyl sites for hydroxylation is 1. The van der Waals surface area contributed by atoms with E-state index >= 15 is 0 Å². The Hall–Kier alpha value is -7.22. The molecule has 2 N–H and O–H groups in total. The zero-order chi connectivity index (χ0) is 36.6. The second-order valence-electron chi connectivity index (χ2n) is 15.2. The third-order valence-corrected chi connectivity index (χ3v) is 13.4. The Labute approximate surface area is 319 Å². The summed E-state index contributed by atoms with van der Waals surface area (Å²) >= 11 is 1.85. The first-order chi connectivity index (χ1) is 27.5. The Morgan fingerprint density at radius 3 is 1.68 bits per heavy atom. The first-order valence-electron chi connectivity index (χ1n) is 18.7. The lowest BCUT2D eigenvalue weighted by Crippen LogP contribution is -2.06. The maximum absolute atomic E-state index is 6.59. The molecule has 6 aromatic heterocycles. The van der Waals surface area contributed by atoms with Gasteiger partial charge in [-0.1, -0.05) is 54.6 Å². The van der Waals surface area contributed by atoms with E-state index in [0.717, 1.165) is 93.4 Å². The number of para-hydroxylation sites is 2. The predicted molar refractivity (Wildman–Crippen MR) is 234 cm³/mol. The van der Waals surface area contributed by atoms with Crippen LogP contribution in [0.2, 0.25) is 0 Å². The maximum atomic E-state index is 6.59. The predicted octanol–water partition coefficient (Wildman–Crippen LogP) is 13.9. The topological polar surface area (TPSA) is 75.3 Å². The molecule has 0 atom stereocenters. The number of hydrogen-bond acceptors (Lipinski definition) is 5. The molecule has 8 aromatic carbocycles. The van der Waals surface area contributed by atoms with E-state index in [4.69, 9.17) is 19.1 Å². The van der Waals surface area contributed by atoms with Crippen LogP contribution in [0.15, 0.2) is 147 Å². The van der Waals surface area contributed by atoms with E-state index in [1.54, 1.807) is 4.68 Å². The molecule has 0 fully saturated rings. The Balaban J connectivity index is 0.890. The molecule has 56 heavy (non-hydrogen) atoms. The van der Waals surface area contributed by atoms with E-state index in [-0.39, 0.29) is 0 Å². The lowest BCUT2D eigenvalue weighted by Gasteiger charge is -2.04. The second-order valence-corrected chi connectivity index (χ2v) is 16.3. The minimum absolute atomic E-state index is 0.830. The minimum Gasteiger partial charge on any atom is -0.456 e. The molecule has 0 radical (unpaired) electrons. The largest absolute Gasteiger partial charge is 0.456 e. The molecule has 0 unspecified atom stereocenters. The Morgan fingerprint density at radius 2 is 0.857 bits per heavy atom. The summed E-state index contributed by atoms with van der Waals surface area (Å²) in [5, 5.41) is 13.7. The van der Waals surface area contributed by atoms with Gasteiger partial charge in [-0.05, 0) is 90.0 Å². The second kappa shape index (κ2) is 9.90. The van der Waals surface area contributed by atoms with Crippen molar-refractivity contribution in [1.29, 1.82) is 0 Å². The molecule has 0 amide bonds. The number of nitrogens with zero attached hydrogens (tertiary/aromatic N) is 2. The average molecular weight is 738 g/mol. The van der Waals surface area contributed by atoms with Crippen LogP contribution in [0.4, 0.5) is 0 Å². The fourth-order valence-corrected chi connectivity index (χ4v) is 10.7. The lowest BCUT2D eigenvalue weighted by molar-refractivity contribution is 0.664. The summed E-state index contributed by atoms with van der Waals surface area (Å²) in [6, 6.07) is 47.6. The van der Waals surface area contributed by atoms with Crippen molar-refractivity contribution in [1.82, 2.24) is 9.24 Å². The van der Waals surface area contributed by atoms with Gasteiger partial charge < -0.3 is 23.7 Å². The molecule has 0 aliphatic carbocycles. The molecule has 262 valence electrons. The van der Waals surface area contributed by atoms with Gasteiger partial charge in [0.2, 0.25) is 0 Å². The molecule has 0 saturated carbocycles. The van der Waals surface area contributed by atoms with Gasteiger partial charge in [0.15, 0.2) is 0 Å². The standard InChI is InChI=1S/C49H27N3O3S/c1-51-39-14-24(10-12-27(39)31-22-48-36(17-40(31)51)37-21-47-35(23-49(37)56-48)28-7-3-5-9-42(28)53-47)25-11-13-29-33-19-46-34(20-45(33)54-43(29)15-25)32-16-41-30(18-44(32)55-46)26-6-2-4-8-38(26)52(41)50/h2-23H,50H2,1H3. The highest BCUT2D eigenvalue weighted by Gasteiger charge is 2.19. The third-order valence-electron chi connectivity index (χ3n) is 12.3. The van der Waals surface area contributed by atoms with E-state index in [1.165, 1.54) is 47.4 Å². The molecule has 6 nitrogen and oxygen atoms in total. The van der Waals surface area contributed by atoms with Crippen LogP contribution in [0.1, 0.15) is 0 Å². The van der Waals surface area contributed by atoms with E-state index in [0.29, 0.717) is 0 Å². The first kappa shape index (κ1) is 29.2. The fraction of sp³-hybridized carbons (Fsp3) is 0.0204. The molecular weight excluding hydrogens is 711 g/mol. The number of furan rings is 3. The number of rotatable bonds is 1. The number of aromatic nitrogens is 2. The Bertz CT molecular complexity index is 4090. The fourth-order valence-electron chi connectivity index (χ4n) is 9.58. The summed E-state index contributed by atoms with van der Waals surface area (Å²) in [7, 11) is 2.17. The molecule has 0 aliphatic rings. The van der Waals surface area contributed by atoms with Crippen LogP contribution in [0, 0.1) is 0 Å². The molecule has 6 heterocycles. The molecule has 0 saturated heterocycles. The van der Waals surface area contributed by atoms with Crippen LogP contribution >= 0.6 is 11.3 Å². The van der Waals surface area contributed by atoms with Gasteiger partial charge >= 0.3 is 0 Å². The highest BCUT2D eigenvalue weighted by Crippen LogP contribution is 2.44. The van der Waals surface area contributed by atoms with Gasteiger partial charge in [-0.25, -0.2) is 0 Å². The van der Waals surface area contributed by atoms with Crippen molar-refractivity contribution in [2.24, 2.45) is 7.05 Å². The van der Waals surface area contributed by atoms with Crippen molar-refractivity contribution in [3.63, 3.8) is 0 Å². The van der Waals surface area contributed by atoms with E-state index in [2.05, 4.69) is 115 Å². The van der Waals surface area contributed by atoms with Gasteiger partial charge in [0, 0.05) is 92.1 Å². The number of hydrogen-bond donors (Lipinski definition) is 1. The maximum Gasteiger partial charge on any atom is 0.136 e. The van der Waals surface area contributed by atoms with Crippen LogP contribution < -0.4 is 5.84 Å². The molecule has 14 rings (SSSR count). The quantitative estimate of drug-likeness (QED) is 0.170. The monoisotopic (exact) mass is 737 g/mol. The third kappa shape index (κ3) is 3.61. The Morgan fingerprint density at radius 1 is 0.375 bits per heavy atom. The van der Waals surface area contributed by atoms with Gasteiger partial charge in [0.1, 0.15) is 33.5 Å². The van der Waals surface area contributed by atoms with Gasteiger partial charge in [-0.15, -0.1) is 11.3 Å². The Kier molecular flexibility index (Phi) is 5.16. The summed E-state index contributed by atoms with van der Waals surface area (Å²) in [5.74, 6) is 6.56. The van der Waals surface area contributed by atoms with Crippen molar-refractivity contribution in [2.75, 3.05) is 5.84 Å². The van der Waals surface area contributed by atoms with Crippen LogP contribution in [-0.2, 0) is 7.05 Å². The number of fused-ring (bicyclic) bond motifs is 18. The number of benzene rings is 8. The lowest BCUT2D eigenvalue weighted by atomic mass is 10.0. The zero-order valence-electron chi connectivity index (χ0n) is 29.8. The van der Waals surface area contributed by atoms with Crippen LogP contribution in [0.5, 0.6) is 0 Å². The molecule has 0 aliphatic heterocycles. The highest BCUT2D eigenvalue weighted by molar-refractivity contribution is 7.26. The van der Waals surface area contributed by atoms with Crippen molar-refractivity contribution in [3.05, 3.63) is 133 Å². The molecule has 0 bridgehead atoms. The summed E-state index contributed by atoms with van der Waals surface area (Å²) < 4.78 is 26.0. The van der Waals surface area contributed by atoms with Crippen LogP contribution in [0.3, 0.4) is 0 Å². The normalized spacial score (nSPS) is 12.8.